The summed E-state index contributed by atoms with van der Waals surface area (Å²) >= 11 is 0. The van der Waals surface area contributed by atoms with Gasteiger partial charge in [0.2, 0.25) is 0 Å². The Morgan fingerprint density at radius 2 is 1.83 bits per heavy atom. The van der Waals surface area contributed by atoms with Gasteiger partial charge in [0.05, 0.1) is 6.61 Å². The molecule has 0 bridgehead atoms. The lowest BCUT2D eigenvalue weighted by Gasteiger charge is -2.17. The van der Waals surface area contributed by atoms with Gasteiger partial charge in [0.1, 0.15) is 17.0 Å². The van der Waals surface area contributed by atoms with E-state index in [1.54, 1.807) is 12.3 Å². The Bertz CT molecular complexity index is 1330. The number of amides is 1. The summed E-state index contributed by atoms with van der Waals surface area (Å²) in [7, 11) is 0. The normalized spacial score (nSPS) is 13.7. The van der Waals surface area contributed by atoms with E-state index in [4.69, 9.17) is 4.74 Å². The van der Waals surface area contributed by atoms with E-state index in [9.17, 15) is 9.90 Å². The minimum Gasteiger partial charge on any atom is -0.506 e. The number of benzene rings is 3. The molecule has 0 spiro atoms. The zero-order chi connectivity index (χ0) is 24.7. The summed E-state index contributed by atoms with van der Waals surface area (Å²) in [6.07, 6.45) is 8.37. The number of rotatable bonds is 9. The highest BCUT2D eigenvalue weighted by Crippen LogP contribution is 2.37. The first-order valence-electron chi connectivity index (χ1n) is 12.8. The van der Waals surface area contributed by atoms with Crippen LogP contribution in [-0.4, -0.2) is 29.1 Å². The van der Waals surface area contributed by atoms with Crippen molar-refractivity contribution in [2.75, 3.05) is 13.2 Å². The molecular weight excluding hydrogens is 448 g/mol. The van der Waals surface area contributed by atoms with E-state index in [1.165, 1.54) is 31.2 Å². The van der Waals surface area contributed by atoms with E-state index in [2.05, 4.69) is 22.4 Å². The van der Waals surface area contributed by atoms with Gasteiger partial charge < -0.3 is 15.2 Å². The molecule has 0 atom stereocenters. The Kier molecular flexibility index (Phi) is 7.46. The number of phenols is 1. The molecule has 1 heterocycles. The number of carbonyl (C=O) groups excluding carboxylic acids is 1. The first-order chi connectivity index (χ1) is 17.7. The molecule has 1 aromatic heterocycles. The second kappa shape index (κ2) is 11.3. The van der Waals surface area contributed by atoms with Gasteiger partial charge in [-0.2, -0.15) is 0 Å². The van der Waals surface area contributed by atoms with Crippen LogP contribution in [0.4, 0.5) is 0 Å². The number of phenolic OH excluding ortho intramolecular Hbond substituents is 1. The highest BCUT2D eigenvalue weighted by atomic mass is 16.5. The van der Waals surface area contributed by atoms with Crippen molar-refractivity contribution in [2.45, 2.75) is 38.5 Å². The number of fused-ring (bicyclic) bond motifs is 1. The molecule has 4 aromatic rings. The number of aromatic nitrogens is 1. The van der Waals surface area contributed by atoms with Crippen molar-refractivity contribution in [3.63, 3.8) is 0 Å². The van der Waals surface area contributed by atoms with E-state index < -0.39 is 0 Å². The first-order valence-corrected chi connectivity index (χ1v) is 12.8. The van der Waals surface area contributed by atoms with E-state index in [0.717, 1.165) is 35.1 Å². The summed E-state index contributed by atoms with van der Waals surface area (Å²) in [6.45, 7) is 1.27. The summed E-state index contributed by atoms with van der Waals surface area (Å²) in [5.74, 6) is 1.30. The third kappa shape index (κ3) is 5.68. The Balaban J connectivity index is 1.36. The molecule has 2 N–H and O–H groups in total. The van der Waals surface area contributed by atoms with Crippen LogP contribution in [0.15, 0.2) is 79.0 Å². The molecule has 1 aliphatic rings. The number of nitrogens with zero attached hydrogens (tertiary/aromatic N) is 1. The molecule has 5 nitrogen and oxygen atoms in total. The Morgan fingerprint density at radius 1 is 1.00 bits per heavy atom. The third-order valence-corrected chi connectivity index (χ3v) is 6.96. The number of hydrogen-bond donors (Lipinski definition) is 2. The summed E-state index contributed by atoms with van der Waals surface area (Å²) in [5.41, 5.74) is 3.99. The lowest BCUT2D eigenvalue weighted by molar-refractivity contribution is 0.0953. The average Bonchev–Trinajstić information content (AvgIpc) is 3.44. The van der Waals surface area contributed by atoms with E-state index in [0.29, 0.717) is 30.1 Å². The minimum atomic E-state index is -0.113. The fourth-order valence-electron chi connectivity index (χ4n) is 4.98. The number of aryl methyl sites for hydroxylation is 1. The molecule has 0 unspecified atom stereocenters. The minimum absolute atomic E-state index is 0.112. The number of nitrogens with one attached hydrogen (secondary N) is 1. The van der Waals surface area contributed by atoms with Gasteiger partial charge >= 0.3 is 0 Å². The highest BCUT2D eigenvalue weighted by molar-refractivity contribution is 5.97. The summed E-state index contributed by atoms with van der Waals surface area (Å²) in [5, 5.41) is 14.5. The standard InChI is InChI=1S/C31H32N2O3/c34-28-20-26(18-24-13-7-16-32-30(24)28)27-19-25(14-15-29(27)36-21-23-10-4-5-11-23)31(35)33-17-6-12-22-8-2-1-3-9-22/h1-3,7-9,13-16,18-20,23,34H,4-6,10-12,17,21H2,(H,33,35). The molecule has 0 aliphatic heterocycles. The van der Waals surface area contributed by atoms with Gasteiger partial charge in [-0.25, -0.2) is 0 Å². The van der Waals surface area contributed by atoms with Crippen LogP contribution in [0.3, 0.4) is 0 Å². The van der Waals surface area contributed by atoms with Gasteiger partial charge in [-0.3, -0.25) is 9.78 Å². The van der Waals surface area contributed by atoms with Crippen molar-refractivity contribution < 1.29 is 14.6 Å². The van der Waals surface area contributed by atoms with Gasteiger partial charge in [0, 0.05) is 29.3 Å². The van der Waals surface area contributed by atoms with Gasteiger partial charge in [-0.05, 0) is 79.1 Å². The maximum Gasteiger partial charge on any atom is 0.251 e. The van der Waals surface area contributed by atoms with Gasteiger partial charge in [0.15, 0.2) is 0 Å². The lowest BCUT2D eigenvalue weighted by atomic mass is 9.99. The number of hydrogen-bond acceptors (Lipinski definition) is 4. The van der Waals surface area contributed by atoms with Crippen LogP contribution < -0.4 is 10.1 Å². The van der Waals surface area contributed by atoms with Crippen molar-refractivity contribution in [3.05, 3.63) is 90.1 Å². The van der Waals surface area contributed by atoms with Crippen LogP contribution in [-0.2, 0) is 6.42 Å². The van der Waals surface area contributed by atoms with Crippen LogP contribution >= 0.6 is 0 Å². The van der Waals surface area contributed by atoms with Crippen molar-refractivity contribution in [3.8, 4) is 22.6 Å². The van der Waals surface area contributed by atoms with Crippen molar-refractivity contribution >= 4 is 16.8 Å². The topological polar surface area (TPSA) is 71.5 Å². The summed E-state index contributed by atoms with van der Waals surface area (Å²) in [4.78, 5) is 17.3. The third-order valence-electron chi connectivity index (χ3n) is 6.96. The van der Waals surface area contributed by atoms with Crippen LogP contribution in [0, 0.1) is 5.92 Å². The zero-order valence-corrected chi connectivity index (χ0v) is 20.5. The second-order valence-corrected chi connectivity index (χ2v) is 9.59. The number of carbonyl (C=O) groups is 1. The number of pyridine rings is 1. The number of aromatic hydroxyl groups is 1. The number of ether oxygens (including phenoxy) is 1. The lowest BCUT2D eigenvalue weighted by Crippen LogP contribution is -2.24. The Morgan fingerprint density at radius 3 is 2.67 bits per heavy atom. The SMILES string of the molecule is O=C(NCCCc1ccccc1)c1ccc(OCC2CCCC2)c(-c2cc(O)c3ncccc3c2)c1. The quantitative estimate of drug-likeness (QED) is 0.267. The van der Waals surface area contributed by atoms with Crippen LogP contribution in [0.5, 0.6) is 11.5 Å². The molecule has 1 fully saturated rings. The van der Waals surface area contributed by atoms with Crippen molar-refractivity contribution in [1.82, 2.24) is 10.3 Å². The molecule has 1 saturated carbocycles. The van der Waals surface area contributed by atoms with Crippen LogP contribution in [0.25, 0.3) is 22.0 Å². The molecule has 5 heteroatoms. The Hall–Kier alpha value is -3.86. The van der Waals surface area contributed by atoms with Gasteiger partial charge in [-0.1, -0.05) is 49.2 Å². The van der Waals surface area contributed by atoms with E-state index >= 15 is 0 Å². The van der Waals surface area contributed by atoms with Crippen molar-refractivity contribution in [2.24, 2.45) is 5.92 Å². The van der Waals surface area contributed by atoms with E-state index in [-0.39, 0.29) is 11.7 Å². The molecule has 1 aliphatic carbocycles. The van der Waals surface area contributed by atoms with Gasteiger partial charge in [-0.15, -0.1) is 0 Å². The van der Waals surface area contributed by atoms with Gasteiger partial charge in [0.25, 0.3) is 5.91 Å². The molecule has 0 saturated heterocycles. The molecule has 184 valence electrons. The fourth-order valence-corrected chi connectivity index (χ4v) is 4.98. The average molecular weight is 481 g/mol. The summed E-state index contributed by atoms with van der Waals surface area (Å²) in [6, 6.07) is 23.3. The van der Waals surface area contributed by atoms with Crippen molar-refractivity contribution in [1.29, 1.82) is 0 Å². The Labute approximate surface area is 212 Å². The fraction of sp³-hybridized carbons (Fsp3) is 0.290. The molecule has 1 amide bonds. The molecule has 0 radical (unpaired) electrons. The second-order valence-electron chi connectivity index (χ2n) is 9.59. The highest BCUT2D eigenvalue weighted by Gasteiger charge is 2.18. The summed E-state index contributed by atoms with van der Waals surface area (Å²) < 4.78 is 6.28. The first kappa shape index (κ1) is 23.9. The van der Waals surface area contributed by atoms with E-state index in [1.807, 2.05) is 54.6 Å². The largest absolute Gasteiger partial charge is 0.506 e. The molecule has 36 heavy (non-hydrogen) atoms. The smallest absolute Gasteiger partial charge is 0.251 e. The molecular formula is C31H32N2O3. The predicted octanol–water partition coefficient (Wildman–Crippen LogP) is 6.54. The monoisotopic (exact) mass is 480 g/mol. The zero-order valence-electron chi connectivity index (χ0n) is 20.5. The van der Waals surface area contributed by atoms with Crippen LogP contribution in [0.1, 0.15) is 48.0 Å². The predicted molar refractivity (Wildman–Crippen MR) is 143 cm³/mol. The van der Waals surface area contributed by atoms with Crippen LogP contribution in [0.2, 0.25) is 0 Å². The molecule has 5 rings (SSSR count). The molecule has 3 aromatic carbocycles. The maximum atomic E-state index is 13.0. The maximum absolute atomic E-state index is 13.0.